The van der Waals surface area contributed by atoms with Crippen molar-refractivity contribution in [3.05, 3.63) is 47.8 Å². The lowest BCUT2D eigenvalue weighted by molar-refractivity contribution is 0.792. The number of hydrogen-bond acceptors (Lipinski definition) is 3. The van der Waals surface area contributed by atoms with E-state index in [9.17, 15) is 0 Å². The molecular formula is C16H19N3. The van der Waals surface area contributed by atoms with Crippen LogP contribution in [0.2, 0.25) is 0 Å². The van der Waals surface area contributed by atoms with Crippen molar-refractivity contribution < 1.29 is 0 Å². The van der Waals surface area contributed by atoms with Gasteiger partial charge in [-0.3, -0.25) is 9.97 Å². The first-order valence-corrected chi connectivity index (χ1v) is 6.43. The van der Waals surface area contributed by atoms with E-state index in [1.807, 2.05) is 25.4 Å². The van der Waals surface area contributed by atoms with Crippen molar-refractivity contribution in [2.45, 2.75) is 33.1 Å². The minimum atomic E-state index is 0.942. The van der Waals surface area contributed by atoms with Crippen molar-refractivity contribution in [1.82, 2.24) is 9.97 Å². The maximum absolute atomic E-state index is 6.50. The molecule has 19 heavy (non-hydrogen) atoms. The average Bonchev–Trinajstić information content (AvgIpc) is 2.49. The van der Waals surface area contributed by atoms with Crippen LogP contribution in [0.4, 0.5) is 0 Å². The van der Waals surface area contributed by atoms with Gasteiger partial charge in [0.2, 0.25) is 0 Å². The molecule has 0 fully saturated rings. The smallest absolute Gasteiger partial charge is 0.0886 e. The van der Waals surface area contributed by atoms with Crippen LogP contribution in [-0.4, -0.2) is 9.97 Å². The van der Waals surface area contributed by atoms with Gasteiger partial charge in [-0.1, -0.05) is 25.5 Å². The Morgan fingerprint density at radius 1 is 1.00 bits per heavy atom. The Kier molecular flexibility index (Phi) is 6.25. The molecule has 0 N–H and O–H groups in total. The number of hydrogen-bond donors (Lipinski definition) is 0. The van der Waals surface area contributed by atoms with Gasteiger partial charge in [0.25, 0.3) is 0 Å². The first kappa shape index (κ1) is 14.8. The quantitative estimate of drug-likeness (QED) is 0.829. The summed E-state index contributed by atoms with van der Waals surface area (Å²) in [5.41, 5.74) is 4.37. The van der Waals surface area contributed by atoms with Crippen LogP contribution >= 0.6 is 0 Å². The third kappa shape index (κ3) is 4.51. The van der Waals surface area contributed by atoms with Crippen molar-refractivity contribution in [3.63, 3.8) is 0 Å². The van der Waals surface area contributed by atoms with Gasteiger partial charge in [-0.25, -0.2) is 5.26 Å². The molecule has 2 aromatic heterocycles. The molecule has 0 atom stereocenters. The summed E-state index contributed by atoms with van der Waals surface area (Å²) < 4.78 is 0. The number of pyridine rings is 2. The third-order valence-corrected chi connectivity index (χ3v) is 2.82. The second-order valence-corrected chi connectivity index (χ2v) is 4.38. The summed E-state index contributed by atoms with van der Waals surface area (Å²) in [7, 11) is 0. The second kappa shape index (κ2) is 7.99. The maximum atomic E-state index is 6.50. The summed E-state index contributed by atoms with van der Waals surface area (Å²) in [6.45, 7) is 7.75. The molecule has 0 bridgehead atoms. The highest BCUT2D eigenvalue weighted by atomic mass is 14.8. The molecular weight excluding hydrogens is 234 g/mol. The number of unbranched alkanes of at least 4 members (excludes halogenated alkanes) is 1. The molecule has 98 valence electrons. The molecule has 0 spiro atoms. The van der Waals surface area contributed by atoms with Gasteiger partial charge in [0.05, 0.1) is 11.4 Å². The Balaban J connectivity index is 0.000000861. The molecule has 0 radical (unpaired) electrons. The summed E-state index contributed by atoms with van der Waals surface area (Å²) in [4.78, 5) is 8.85. The van der Waals surface area contributed by atoms with Gasteiger partial charge in [-0.15, -0.1) is 0 Å². The summed E-state index contributed by atoms with van der Waals surface area (Å²) in [5.74, 6) is 0. The number of aromatic nitrogens is 2. The van der Waals surface area contributed by atoms with E-state index in [0.29, 0.717) is 0 Å². The highest BCUT2D eigenvalue weighted by Crippen LogP contribution is 2.15. The Hall–Kier alpha value is -2.21. The van der Waals surface area contributed by atoms with E-state index < -0.39 is 0 Å². The van der Waals surface area contributed by atoms with Crippen molar-refractivity contribution in [1.29, 1.82) is 5.26 Å². The van der Waals surface area contributed by atoms with Crippen molar-refractivity contribution in [2.75, 3.05) is 0 Å². The number of nitriles is 1. The van der Waals surface area contributed by atoms with E-state index in [4.69, 9.17) is 5.26 Å². The summed E-state index contributed by atoms with van der Waals surface area (Å²) in [6.07, 6.45) is 7.41. The Morgan fingerprint density at radius 2 is 1.63 bits per heavy atom. The average molecular weight is 253 g/mol. The zero-order chi connectivity index (χ0) is 14.1. The monoisotopic (exact) mass is 253 g/mol. The van der Waals surface area contributed by atoms with Crippen LogP contribution in [0.5, 0.6) is 0 Å². The standard InChI is InChI=1S/C15H18N2.CHN/c1-3-4-5-13-7-9-15(17-11-13)14-8-6-12(2)10-16-14;1-2/h6-11H,3-5H2,1-2H3;1H. The SMILES string of the molecule is C#N.CCCCc1ccc(-c2ccc(C)cn2)nc1. The lowest BCUT2D eigenvalue weighted by Crippen LogP contribution is -1.90. The molecule has 3 heteroatoms. The van der Waals surface area contributed by atoms with E-state index in [1.54, 1.807) is 0 Å². The molecule has 0 amide bonds. The van der Waals surface area contributed by atoms with E-state index in [0.717, 1.165) is 17.8 Å². The first-order valence-electron chi connectivity index (χ1n) is 6.43. The van der Waals surface area contributed by atoms with Gasteiger partial charge in [-0.2, -0.15) is 0 Å². The van der Waals surface area contributed by atoms with E-state index >= 15 is 0 Å². The number of aryl methyl sites for hydroxylation is 2. The zero-order valence-corrected chi connectivity index (χ0v) is 11.5. The van der Waals surface area contributed by atoms with Gasteiger partial charge in [0.15, 0.2) is 0 Å². The number of rotatable bonds is 4. The Morgan fingerprint density at radius 3 is 2.11 bits per heavy atom. The number of nitrogens with zero attached hydrogens (tertiary/aromatic N) is 3. The predicted octanol–water partition coefficient (Wildman–Crippen LogP) is 3.93. The fourth-order valence-corrected chi connectivity index (χ4v) is 1.72. The molecule has 0 aliphatic rings. The van der Waals surface area contributed by atoms with E-state index in [1.165, 1.54) is 24.0 Å². The fourth-order valence-electron chi connectivity index (χ4n) is 1.72. The molecule has 0 aromatic carbocycles. The molecule has 0 unspecified atom stereocenters. The second-order valence-electron chi connectivity index (χ2n) is 4.38. The predicted molar refractivity (Wildman–Crippen MR) is 77.5 cm³/mol. The molecule has 0 saturated carbocycles. The highest BCUT2D eigenvalue weighted by Gasteiger charge is 2.00. The summed E-state index contributed by atoms with van der Waals surface area (Å²) in [5, 5.41) is 6.50. The van der Waals surface area contributed by atoms with Crippen LogP contribution in [-0.2, 0) is 6.42 Å². The topological polar surface area (TPSA) is 49.6 Å². The zero-order valence-electron chi connectivity index (χ0n) is 11.5. The molecule has 0 aliphatic carbocycles. The fraction of sp³-hybridized carbons (Fsp3) is 0.312. The van der Waals surface area contributed by atoms with Crippen LogP contribution in [0, 0.1) is 18.8 Å². The lowest BCUT2D eigenvalue weighted by Gasteiger charge is -2.03. The molecule has 0 saturated heterocycles. The van der Waals surface area contributed by atoms with Crippen LogP contribution in [0.25, 0.3) is 11.4 Å². The van der Waals surface area contributed by atoms with Crippen LogP contribution in [0.1, 0.15) is 30.9 Å². The maximum Gasteiger partial charge on any atom is 0.0886 e. The Bertz CT molecular complexity index is 498. The lowest BCUT2D eigenvalue weighted by atomic mass is 10.1. The van der Waals surface area contributed by atoms with Gasteiger partial charge < -0.3 is 0 Å². The van der Waals surface area contributed by atoms with Crippen molar-refractivity contribution in [2.24, 2.45) is 0 Å². The van der Waals surface area contributed by atoms with Gasteiger partial charge in [-0.05, 0) is 43.0 Å². The Labute approximate surface area is 115 Å². The highest BCUT2D eigenvalue weighted by molar-refractivity contribution is 5.53. The van der Waals surface area contributed by atoms with Crippen LogP contribution in [0.3, 0.4) is 0 Å². The molecule has 2 heterocycles. The van der Waals surface area contributed by atoms with Crippen molar-refractivity contribution in [3.8, 4) is 18.0 Å². The third-order valence-electron chi connectivity index (χ3n) is 2.82. The van der Waals surface area contributed by atoms with Crippen LogP contribution in [0.15, 0.2) is 36.7 Å². The summed E-state index contributed by atoms with van der Waals surface area (Å²) in [6, 6.07) is 8.29. The van der Waals surface area contributed by atoms with Gasteiger partial charge >= 0.3 is 0 Å². The normalized spacial score (nSPS) is 9.47. The molecule has 2 aromatic rings. The molecule has 0 aliphatic heterocycles. The minimum absolute atomic E-state index is 0.942. The van der Waals surface area contributed by atoms with Gasteiger partial charge in [0.1, 0.15) is 0 Å². The van der Waals surface area contributed by atoms with Crippen molar-refractivity contribution >= 4 is 0 Å². The molecule has 3 nitrogen and oxygen atoms in total. The first-order chi connectivity index (χ1) is 9.29. The summed E-state index contributed by atoms with van der Waals surface area (Å²) >= 11 is 0. The minimum Gasteiger partial charge on any atom is -0.254 e. The van der Waals surface area contributed by atoms with E-state index in [2.05, 4.69) is 41.7 Å². The molecule has 2 rings (SSSR count). The van der Waals surface area contributed by atoms with Gasteiger partial charge in [0, 0.05) is 19.0 Å². The largest absolute Gasteiger partial charge is 0.254 e. The van der Waals surface area contributed by atoms with E-state index in [-0.39, 0.29) is 0 Å². The van der Waals surface area contributed by atoms with Crippen LogP contribution < -0.4 is 0 Å².